The van der Waals surface area contributed by atoms with Crippen LogP contribution in [0.2, 0.25) is 0 Å². The summed E-state index contributed by atoms with van der Waals surface area (Å²) >= 11 is 0. The molecule has 0 unspecified atom stereocenters. The van der Waals surface area contributed by atoms with Crippen LogP contribution in [-0.2, 0) is 14.3 Å². The number of benzene rings is 3. The lowest BCUT2D eigenvalue weighted by atomic mass is 10.1. The SMILES string of the molecule is Cc1ccc(C(=O)Oc2ccc(C(=O)COC(=O)CCC(=O)Nc3ccc(F)cc3)cc2)cc1. The third-order valence-electron chi connectivity index (χ3n) is 4.72. The molecule has 0 atom stereocenters. The Balaban J connectivity index is 1.41. The van der Waals surface area contributed by atoms with Gasteiger partial charge in [-0.3, -0.25) is 14.4 Å². The van der Waals surface area contributed by atoms with Gasteiger partial charge in [-0.25, -0.2) is 9.18 Å². The van der Waals surface area contributed by atoms with E-state index in [0.717, 1.165) is 5.56 Å². The fraction of sp³-hybridized carbons (Fsp3) is 0.154. The van der Waals surface area contributed by atoms with Gasteiger partial charge in [0.15, 0.2) is 12.4 Å². The number of amides is 1. The van der Waals surface area contributed by atoms with Crippen molar-refractivity contribution < 1.29 is 33.0 Å². The van der Waals surface area contributed by atoms with Gasteiger partial charge < -0.3 is 14.8 Å². The van der Waals surface area contributed by atoms with E-state index in [0.29, 0.717) is 11.3 Å². The van der Waals surface area contributed by atoms with Crippen LogP contribution in [0.4, 0.5) is 10.1 Å². The molecular formula is C26H22FNO6. The van der Waals surface area contributed by atoms with Gasteiger partial charge in [0.05, 0.1) is 12.0 Å². The Morgan fingerprint density at radius 1 is 0.794 bits per heavy atom. The molecule has 0 spiro atoms. The number of rotatable bonds is 9. The average Bonchev–Trinajstić information content (AvgIpc) is 2.83. The van der Waals surface area contributed by atoms with Crippen molar-refractivity contribution in [2.24, 2.45) is 0 Å². The summed E-state index contributed by atoms with van der Waals surface area (Å²) in [7, 11) is 0. The lowest BCUT2D eigenvalue weighted by molar-refractivity contribution is -0.143. The third-order valence-corrected chi connectivity index (χ3v) is 4.72. The summed E-state index contributed by atoms with van der Waals surface area (Å²) in [4.78, 5) is 48.1. The molecule has 8 heteroatoms. The zero-order valence-electron chi connectivity index (χ0n) is 18.4. The van der Waals surface area contributed by atoms with Crippen LogP contribution < -0.4 is 10.1 Å². The fourth-order valence-corrected chi connectivity index (χ4v) is 2.84. The molecule has 3 aromatic carbocycles. The predicted molar refractivity (Wildman–Crippen MR) is 122 cm³/mol. The highest BCUT2D eigenvalue weighted by Crippen LogP contribution is 2.15. The molecule has 1 amide bonds. The van der Waals surface area contributed by atoms with E-state index in [1.807, 2.05) is 6.92 Å². The first-order chi connectivity index (χ1) is 16.3. The molecule has 3 aromatic rings. The smallest absolute Gasteiger partial charge is 0.343 e. The van der Waals surface area contributed by atoms with Crippen LogP contribution in [0.5, 0.6) is 5.75 Å². The van der Waals surface area contributed by atoms with Gasteiger partial charge in [0.25, 0.3) is 0 Å². The van der Waals surface area contributed by atoms with Crippen LogP contribution in [0.1, 0.15) is 39.1 Å². The van der Waals surface area contributed by atoms with Gasteiger partial charge in [0, 0.05) is 17.7 Å². The molecule has 0 heterocycles. The van der Waals surface area contributed by atoms with E-state index in [1.165, 1.54) is 48.5 Å². The Labute approximate surface area is 195 Å². The lowest BCUT2D eigenvalue weighted by Gasteiger charge is -2.07. The molecule has 7 nitrogen and oxygen atoms in total. The average molecular weight is 463 g/mol. The molecule has 1 N–H and O–H groups in total. The van der Waals surface area contributed by atoms with Crippen molar-refractivity contribution in [1.82, 2.24) is 0 Å². The van der Waals surface area contributed by atoms with Gasteiger partial charge >= 0.3 is 11.9 Å². The van der Waals surface area contributed by atoms with Gasteiger partial charge in [-0.15, -0.1) is 0 Å². The minimum atomic E-state index is -0.703. The second-order valence-corrected chi connectivity index (χ2v) is 7.42. The van der Waals surface area contributed by atoms with Crippen LogP contribution in [0, 0.1) is 12.7 Å². The summed E-state index contributed by atoms with van der Waals surface area (Å²) < 4.78 is 23.1. The molecule has 0 saturated heterocycles. The Bertz CT molecular complexity index is 1170. The van der Waals surface area contributed by atoms with Gasteiger partial charge in [0.1, 0.15) is 11.6 Å². The van der Waals surface area contributed by atoms with Crippen LogP contribution in [0.15, 0.2) is 72.8 Å². The van der Waals surface area contributed by atoms with Crippen molar-refractivity contribution >= 4 is 29.3 Å². The molecule has 174 valence electrons. The van der Waals surface area contributed by atoms with E-state index >= 15 is 0 Å². The maximum Gasteiger partial charge on any atom is 0.343 e. The Kier molecular flexibility index (Phi) is 8.23. The first-order valence-corrected chi connectivity index (χ1v) is 10.4. The lowest BCUT2D eigenvalue weighted by Crippen LogP contribution is -2.17. The van der Waals surface area contributed by atoms with Gasteiger partial charge in [-0.05, 0) is 67.6 Å². The normalized spacial score (nSPS) is 10.3. The van der Waals surface area contributed by atoms with E-state index in [2.05, 4.69) is 5.32 Å². The monoisotopic (exact) mass is 463 g/mol. The molecule has 0 bridgehead atoms. The van der Waals surface area contributed by atoms with E-state index in [1.54, 1.807) is 24.3 Å². The second-order valence-electron chi connectivity index (χ2n) is 7.42. The van der Waals surface area contributed by atoms with Crippen molar-refractivity contribution in [2.75, 3.05) is 11.9 Å². The molecule has 0 saturated carbocycles. The van der Waals surface area contributed by atoms with Gasteiger partial charge in [-0.1, -0.05) is 17.7 Å². The first-order valence-electron chi connectivity index (χ1n) is 10.4. The van der Waals surface area contributed by atoms with E-state index < -0.39 is 36.1 Å². The molecule has 3 rings (SSSR count). The van der Waals surface area contributed by atoms with Crippen LogP contribution >= 0.6 is 0 Å². The highest BCUT2D eigenvalue weighted by molar-refractivity contribution is 5.98. The van der Waals surface area contributed by atoms with Crippen molar-refractivity contribution in [1.29, 1.82) is 0 Å². The molecule has 0 aliphatic carbocycles. The van der Waals surface area contributed by atoms with Crippen LogP contribution in [-0.4, -0.2) is 30.2 Å². The Morgan fingerprint density at radius 3 is 2.06 bits per heavy atom. The standard InChI is InChI=1S/C26H22FNO6/c1-17-2-4-19(5-3-17)26(32)34-22-12-6-18(7-13-22)23(29)16-33-25(31)15-14-24(30)28-21-10-8-20(27)9-11-21/h2-13H,14-16H2,1H3,(H,28,30). The number of anilines is 1. The number of ether oxygens (including phenoxy) is 2. The number of Topliss-reactive ketones (excluding diaryl/α,β-unsaturated/α-hetero) is 1. The number of aryl methyl sites for hydroxylation is 1. The van der Waals surface area contributed by atoms with E-state index in [4.69, 9.17) is 9.47 Å². The minimum absolute atomic E-state index is 0.147. The quantitative estimate of drug-likeness (QED) is 0.285. The Hall–Kier alpha value is -4.33. The minimum Gasteiger partial charge on any atom is -0.457 e. The molecule has 0 aliphatic heterocycles. The number of ketones is 1. The third kappa shape index (κ3) is 7.37. The highest BCUT2D eigenvalue weighted by atomic mass is 19.1. The topological polar surface area (TPSA) is 98.8 Å². The maximum absolute atomic E-state index is 12.9. The van der Waals surface area contributed by atoms with Crippen LogP contribution in [0.25, 0.3) is 0 Å². The summed E-state index contributed by atoms with van der Waals surface area (Å²) in [5.74, 6) is -2.26. The summed E-state index contributed by atoms with van der Waals surface area (Å²) in [5.41, 5.74) is 2.11. The Morgan fingerprint density at radius 2 is 1.41 bits per heavy atom. The number of esters is 2. The van der Waals surface area contributed by atoms with Gasteiger partial charge in [-0.2, -0.15) is 0 Å². The van der Waals surface area contributed by atoms with Crippen LogP contribution in [0.3, 0.4) is 0 Å². The fourth-order valence-electron chi connectivity index (χ4n) is 2.84. The molecule has 0 radical (unpaired) electrons. The largest absolute Gasteiger partial charge is 0.457 e. The summed E-state index contributed by atoms with van der Waals surface area (Å²) in [5, 5.41) is 2.53. The number of hydrogen-bond acceptors (Lipinski definition) is 6. The molecular weight excluding hydrogens is 441 g/mol. The van der Waals surface area contributed by atoms with Gasteiger partial charge in [0.2, 0.25) is 5.91 Å². The number of carbonyl (C=O) groups excluding carboxylic acids is 4. The second kappa shape index (κ2) is 11.5. The summed E-state index contributed by atoms with van der Waals surface area (Å²) in [6.45, 7) is 1.43. The maximum atomic E-state index is 12.9. The first kappa shape index (κ1) is 24.3. The number of halogens is 1. The molecule has 34 heavy (non-hydrogen) atoms. The predicted octanol–water partition coefficient (Wildman–Crippen LogP) is 4.50. The molecule has 0 aromatic heterocycles. The van der Waals surface area contributed by atoms with Crippen molar-refractivity contribution in [3.05, 3.63) is 95.3 Å². The van der Waals surface area contributed by atoms with E-state index in [9.17, 15) is 23.6 Å². The highest BCUT2D eigenvalue weighted by Gasteiger charge is 2.13. The van der Waals surface area contributed by atoms with Crippen molar-refractivity contribution in [2.45, 2.75) is 19.8 Å². The number of carbonyl (C=O) groups is 4. The summed E-state index contributed by atoms with van der Waals surface area (Å²) in [6, 6.07) is 18.0. The summed E-state index contributed by atoms with van der Waals surface area (Å²) in [6.07, 6.45) is -0.361. The zero-order chi connectivity index (χ0) is 24.5. The van der Waals surface area contributed by atoms with E-state index in [-0.39, 0.29) is 24.2 Å². The van der Waals surface area contributed by atoms with Crippen molar-refractivity contribution in [3.63, 3.8) is 0 Å². The molecule has 0 fully saturated rings. The zero-order valence-corrected chi connectivity index (χ0v) is 18.4. The number of nitrogens with one attached hydrogen (secondary N) is 1. The number of hydrogen-bond donors (Lipinski definition) is 1. The van der Waals surface area contributed by atoms with Crippen molar-refractivity contribution in [3.8, 4) is 5.75 Å². The molecule has 0 aliphatic rings.